The maximum Gasteiger partial charge on any atom is 0.280 e. The van der Waals surface area contributed by atoms with Crippen LogP contribution in [0, 0.1) is 17.0 Å². The molecule has 1 heterocycles. The van der Waals surface area contributed by atoms with Crippen LogP contribution in [-0.4, -0.2) is 23.5 Å². The van der Waals surface area contributed by atoms with E-state index in [0.717, 1.165) is 11.6 Å². The Bertz CT molecular complexity index is 1280. The number of carbonyl (C=O) groups is 2. The molecular weight excluding hydrogens is 426 g/mol. The van der Waals surface area contributed by atoms with Gasteiger partial charge in [-0.1, -0.05) is 24.3 Å². The van der Waals surface area contributed by atoms with Crippen molar-refractivity contribution in [2.24, 2.45) is 0 Å². The lowest BCUT2D eigenvalue weighted by Gasteiger charge is -2.11. The van der Waals surface area contributed by atoms with Crippen LogP contribution in [0.25, 0.3) is 6.08 Å². The number of hydrogen-bond donors (Lipinski definition) is 2. The van der Waals surface area contributed by atoms with Gasteiger partial charge in [-0.2, -0.15) is 0 Å². The van der Waals surface area contributed by atoms with Gasteiger partial charge in [0.15, 0.2) is 11.5 Å². The number of para-hydroxylation sites is 1. The van der Waals surface area contributed by atoms with Gasteiger partial charge >= 0.3 is 0 Å². The van der Waals surface area contributed by atoms with Gasteiger partial charge in [0.05, 0.1) is 27.8 Å². The van der Waals surface area contributed by atoms with Gasteiger partial charge in [-0.25, -0.2) is 0 Å². The first-order chi connectivity index (χ1) is 15.9. The van der Waals surface area contributed by atoms with E-state index in [1.807, 2.05) is 25.1 Å². The molecule has 0 saturated heterocycles. The molecule has 166 valence electrons. The van der Waals surface area contributed by atoms with Gasteiger partial charge in [0.25, 0.3) is 11.6 Å². The second kappa shape index (κ2) is 9.23. The summed E-state index contributed by atoms with van der Waals surface area (Å²) in [5.74, 6) is -0.305. The van der Waals surface area contributed by atoms with Gasteiger partial charge in [0, 0.05) is 11.8 Å². The van der Waals surface area contributed by atoms with Gasteiger partial charge in [0.2, 0.25) is 12.7 Å². The van der Waals surface area contributed by atoms with E-state index in [2.05, 4.69) is 10.6 Å². The highest BCUT2D eigenvalue weighted by Gasteiger charge is 2.22. The number of benzene rings is 3. The molecule has 4 rings (SSSR count). The summed E-state index contributed by atoms with van der Waals surface area (Å²) in [6.45, 7) is 1.89. The van der Waals surface area contributed by atoms with Crippen molar-refractivity contribution >= 4 is 35.0 Å². The van der Waals surface area contributed by atoms with E-state index in [0.29, 0.717) is 17.1 Å². The Balaban J connectivity index is 1.51. The fourth-order valence-corrected chi connectivity index (χ4v) is 3.29. The van der Waals surface area contributed by atoms with E-state index in [1.54, 1.807) is 30.3 Å². The van der Waals surface area contributed by atoms with E-state index >= 15 is 0 Å². The zero-order chi connectivity index (χ0) is 23.4. The smallest absolute Gasteiger partial charge is 0.280 e. The fraction of sp³-hybridized carbons (Fsp3) is 0.0833. The van der Waals surface area contributed by atoms with Crippen LogP contribution in [0.5, 0.6) is 11.5 Å². The van der Waals surface area contributed by atoms with Crippen molar-refractivity contribution in [3.63, 3.8) is 0 Å². The minimum atomic E-state index is -0.565. The van der Waals surface area contributed by atoms with Gasteiger partial charge in [-0.3, -0.25) is 19.7 Å². The molecule has 0 fully saturated rings. The highest BCUT2D eigenvalue weighted by molar-refractivity contribution is 6.11. The first-order valence-electron chi connectivity index (χ1n) is 9.95. The first kappa shape index (κ1) is 21.6. The van der Waals surface area contributed by atoms with Crippen LogP contribution >= 0.6 is 0 Å². The Morgan fingerprint density at radius 1 is 1.00 bits per heavy atom. The summed E-state index contributed by atoms with van der Waals surface area (Å²) in [6, 6.07) is 16.6. The Kier molecular flexibility index (Phi) is 6.03. The van der Waals surface area contributed by atoms with Gasteiger partial charge < -0.3 is 20.1 Å². The van der Waals surface area contributed by atoms with Crippen molar-refractivity contribution in [3.8, 4) is 11.5 Å². The number of nitrogens with zero attached hydrogens (tertiary/aromatic N) is 1. The standard InChI is InChI=1S/C24H19N3O6/c1-15-5-4-6-17(11-15)25-24(29)18-7-2-3-8-19(18)26-23(28)10-9-16-12-21-22(33-14-32-21)13-20(16)27(30)31/h2-13H,14H2,1H3,(H,25,29)(H,26,28)/b10-9+. The summed E-state index contributed by atoms with van der Waals surface area (Å²) >= 11 is 0. The topological polar surface area (TPSA) is 120 Å². The van der Waals surface area contributed by atoms with E-state index in [1.165, 1.54) is 18.2 Å². The molecule has 3 aromatic carbocycles. The fourth-order valence-electron chi connectivity index (χ4n) is 3.29. The third-order valence-corrected chi connectivity index (χ3v) is 4.84. The number of anilines is 2. The molecule has 1 aliphatic rings. The molecule has 9 nitrogen and oxygen atoms in total. The average molecular weight is 445 g/mol. The number of fused-ring (bicyclic) bond motifs is 1. The Hall–Kier alpha value is -4.66. The normalized spacial score (nSPS) is 11.9. The van der Waals surface area contributed by atoms with Gasteiger partial charge in [-0.05, 0) is 48.9 Å². The van der Waals surface area contributed by atoms with E-state index < -0.39 is 10.8 Å². The second-order valence-corrected chi connectivity index (χ2v) is 7.21. The zero-order valence-electron chi connectivity index (χ0n) is 17.5. The number of ether oxygens (including phenoxy) is 2. The summed E-state index contributed by atoms with van der Waals surface area (Å²) < 4.78 is 10.4. The molecule has 33 heavy (non-hydrogen) atoms. The molecule has 0 bridgehead atoms. The van der Waals surface area contributed by atoms with Crippen LogP contribution in [0.4, 0.5) is 17.1 Å². The van der Waals surface area contributed by atoms with Crippen molar-refractivity contribution in [2.75, 3.05) is 17.4 Å². The lowest BCUT2D eigenvalue weighted by Crippen LogP contribution is -2.17. The Morgan fingerprint density at radius 3 is 2.52 bits per heavy atom. The molecule has 0 aromatic heterocycles. The molecule has 0 radical (unpaired) electrons. The Labute approximate surface area is 188 Å². The average Bonchev–Trinajstić information content (AvgIpc) is 3.25. The van der Waals surface area contributed by atoms with Crippen molar-refractivity contribution in [1.82, 2.24) is 0 Å². The zero-order valence-corrected chi connectivity index (χ0v) is 17.5. The molecule has 0 unspecified atom stereocenters. The number of rotatable bonds is 6. The highest BCUT2D eigenvalue weighted by Crippen LogP contribution is 2.38. The molecule has 1 aliphatic heterocycles. The van der Waals surface area contributed by atoms with E-state index in [-0.39, 0.29) is 35.3 Å². The third-order valence-electron chi connectivity index (χ3n) is 4.84. The second-order valence-electron chi connectivity index (χ2n) is 7.21. The van der Waals surface area contributed by atoms with Crippen LogP contribution in [0.1, 0.15) is 21.5 Å². The summed E-state index contributed by atoms with van der Waals surface area (Å²) in [6.07, 6.45) is 2.46. The highest BCUT2D eigenvalue weighted by atomic mass is 16.7. The Morgan fingerprint density at radius 2 is 1.76 bits per heavy atom. The minimum absolute atomic E-state index is 0.0263. The maximum atomic E-state index is 12.8. The number of nitro groups is 1. The molecule has 2 amide bonds. The van der Waals surface area contributed by atoms with Crippen LogP contribution < -0.4 is 20.1 Å². The van der Waals surface area contributed by atoms with Crippen LogP contribution in [0.3, 0.4) is 0 Å². The molecule has 9 heteroatoms. The molecule has 0 saturated carbocycles. The predicted molar refractivity (Wildman–Crippen MR) is 122 cm³/mol. The van der Waals surface area contributed by atoms with Crippen molar-refractivity contribution in [2.45, 2.75) is 6.92 Å². The molecule has 0 atom stereocenters. The van der Waals surface area contributed by atoms with Crippen molar-refractivity contribution in [1.29, 1.82) is 0 Å². The molecule has 0 aliphatic carbocycles. The SMILES string of the molecule is Cc1cccc(NC(=O)c2ccccc2NC(=O)/C=C/c2cc3c(cc2[N+](=O)[O-])OCO3)c1. The van der Waals surface area contributed by atoms with Gasteiger partial charge in [-0.15, -0.1) is 0 Å². The van der Waals surface area contributed by atoms with E-state index in [9.17, 15) is 19.7 Å². The van der Waals surface area contributed by atoms with Crippen LogP contribution in [0.2, 0.25) is 0 Å². The molecule has 3 aromatic rings. The summed E-state index contributed by atoms with van der Waals surface area (Å²) in [4.78, 5) is 36.1. The number of amides is 2. The number of aryl methyl sites for hydroxylation is 1. The van der Waals surface area contributed by atoms with Crippen LogP contribution in [0.15, 0.2) is 66.7 Å². The minimum Gasteiger partial charge on any atom is -0.454 e. The first-order valence-corrected chi connectivity index (χ1v) is 9.95. The quantitative estimate of drug-likeness (QED) is 0.327. The van der Waals surface area contributed by atoms with Crippen LogP contribution in [-0.2, 0) is 4.79 Å². The molecule has 0 spiro atoms. The summed E-state index contributed by atoms with van der Waals surface area (Å²) in [5, 5.41) is 16.8. The van der Waals surface area contributed by atoms with E-state index in [4.69, 9.17) is 9.47 Å². The van der Waals surface area contributed by atoms with Gasteiger partial charge in [0.1, 0.15) is 0 Å². The number of nitrogens with one attached hydrogen (secondary N) is 2. The van der Waals surface area contributed by atoms with Crippen molar-refractivity contribution in [3.05, 3.63) is 93.5 Å². The lowest BCUT2D eigenvalue weighted by atomic mass is 10.1. The predicted octanol–water partition coefficient (Wildman–Crippen LogP) is 4.54. The molecule has 2 N–H and O–H groups in total. The summed E-state index contributed by atoms with van der Waals surface area (Å²) in [5.41, 5.74) is 2.17. The van der Waals surface area contributed by atoms with Crippen molar-refractivity contribution < 1.29 is 24.0 Å². The monoisotopic (exact) mass is 445 g/mol. The maximum absolute atomic E-state index is 12.8. The number of hydrogen-bond acceptors (Lipinski definition) is 6. The third kappa shape index (κ3) is 4.99. The summed E-state index contributed by atoms with van der Waals surface area (Å²) in [7, 11) is 0. The number of carbonyl (C=O) groups excluding carboxylic acids is 2. The molecular formula is C24H19N3O6. The number of nitro benzene ring substituents is 1. The lowest BCUT2D eigenvalue weighted by molar-refractivity contribution is -0.385. The largest absolute Gasteiger partial charge is 0.454 e.